The minimum Gasteiger partial charge on any atom is -0.475 e. The number of amides is 2. The molecule has 0 saturated heterocycles. The molecule has 280 valence electrons. The number of hydrogen-bond acceptors (Lipinski definition) is 8. The number of halogens is 5. The maximum absolute atomic E-state index is 13.9. The summed E-state index contributed by atoms with van der Waals surface area (Å²) in [6.45, 7) is 3.75. The van der Waals surface area contributed by atoms with E-state index in [1.54, 1.807) is 30.3 Å². The first-order chi connectivity index (χ1) is 23.4. The number of carboxylic acid groups (broad SMARTS) is 1. The Bertz CT molecular complexity index is 1470. The van der Waals surface area contributed by atoms with Crippen molar-refractivity contribution in [1.82, 2.24) is 16.0 Å². The number of aliphatic carboxylic acids is 1. The van der Waals surface area contributed by atoms with E-state index in [9.17, 15) is 45.1 Å². The number of carbonyl (C=O) groups excluding carboxylic acids is 2. The van der Waals surface area contributed by atoms with Crippen molar-refractivity contribution in [1.29, 1.82) is 0 Å². The molecule has 1 unspecified atom stereocenters. The van der Waals surface area contributed by atoms with Crippen molar-refractivity contribution in [2.24, 2.45) is 0 Å². The molecule has 1 saturated carbocycles. The van der Waals surface area contributed by atoms with Crippen molar-refractivity contribution in [3.63, 3.8) is 0 Å². The van der Waals surface area contributed by atoms with Crippen LogP contribution in [0.4, 0.5) is 26.7 Å². The van der Waals surface area contributed by atoms with Crippen LogP contribution in [-0.4, -0.2) is 84.6 Å². The van der Waals surface area contributed by atoms with Gasteiger partial charge in [-0.05, 0) is 55.4 Å². The number of hydrogen-bond donors (Lipinski definition) is 5. The molecule has 2 aromatic carbocycles. The van der Waals surface area contributed by atoms with Crippen LogP contribution in [0.1, 0.15) is 63.5 Å². The molecule has 0 spiro atoms. The van der Waals surface area contributed by atoms with Gasteiger partial charge >= 0.3 is 18.2 Å². The predicted octanol–water partition coefficient (Wildman–Crippen LogP) is 4.42. The maximum atomic E-state index is 13.9. The van der Waals surface area contributed by atoms with Crippen molar-refractivity contribution in [3.8, 4) is 0 Å². The molecule has 2 amide bonds. The fourth-order valence-corrected chi connectivity index (χ4v) is 7.03. The highest BCUT2D eigenvalue weighted by molar-refractivity contribution is 7.92. The average molecular weight is 738 g/mol. The third-order valence-corrected chi connectivity index (χ3v) is 9.84. The summed E-state index contributed by atoms with van der Waals surface area (Å²) < 4.78 is 91.7. The zero-order valence-corrected chi connectivity index (χ0v) is 28.5. The lowest BCUT2D eigenvalue weighted by atomic mass is 10.00. The standard InChI is InChI=1S/C31H43F2N3O6S.C2HF3O2/c1-3-8-26(9-4-2)43(40,41)20-28(36-31(39)42-19-21-10-6-5-7-11-21)30(38)35-27(29(37)18-34-25-12-13-25)16-22-14-23(32)17-24(33)15-22;3-2(4,5)1(6)7/h5-7,10-11,14-15,17,25-29,34,37H,3-4,8-9,12-13,16,18-20H2,1-2H3,(H,35,38)(H,36,39);(H,6,7)/t27-,28?,29+;/m0./s1. The molecule has 3 rings (SSSR count). The van der Waals surface area contributed by atoms with Crippen molar-refractivity contribution < 1.29 is 59.7 Å². The van der Waals surface area contributed by atoms with E-state index in [1.165, 1.54) is 0 Å². The van der Waals surface area contributed by atoms with Crippen LogP contribution in [0.2, 0.25) is 0 Å². The minimum atomic E-state index is -5.08. The summed E-state index contributed by atoms with van der Waals surface area (Å²) in [6, 6.07) is 9.43. The molecule has 3 atom stereocenters. The summed E-state index contributed by atoms with van der Waals surface area (Å²) in [7, 11) is -3.85. The third kappa shape index (κ3) is 15.8. The van der Waals surface area contributed by atoms with E-state index in [4.69, 9.17) is 14.6 Å². The lowest BCUT2D eigenvalue weighted by molar-refractivity contribution is -0.192. The fourth-order valence-electron chi connectivity index (χ4n) is 4.87. The van der Waals surface area contributed by atoms with Crippen molar-refractivity contribution in [2.45, 2.75) is 101 Å². The van der Waals surface area contributed by atoms with Crippen LogP contribution in [0.3, 0.4) is 0 Å². The molecule has 0 bridgehead atoms. The SMILES string of the molecule is CCCC(CCC)S(=O)(=O)CC(NC(=O)OCc1ccccc1)C(=O)N[C@@H](Cc1cc(F)cc(F)c1)[C@H](O)CNC1CC1.O=C(O)C(F)(F)F. The van der Waals surface area contributed by atoms with Gasteiger partial charge in [0.05, 0.1) is 23.1 Å². The Labute approximate surface area is 287 Å². The molecule has 1 fully saturated rings. The number of carboxylic acids is 1. The Morgan fingerprint density at radius 1 is 0.940 bits per heavy atom. The molecule has 0 radical (unpaired) electrons. The number of sulfone groups is 1. The van der Waals surface area contributed by atoms with Gasteiger partial charge in [0.25, 0.3) is 0 Å². The van der Waals surface area contributed by atoms with Crippen LogP contribution in [0, 0.1) is 11.6 Å². The highest BCUT2D eigenvalue weighted by Gasteiger charge is 2.38. The normalized spacial score (nSPS) is 14.9. The van der Waals surface area contributed by atoms with Gasteiger partial charge in [0.2, 0.25) is 5.91 Å². The van der Waals surface area contributed by atoms with E-state index < -0.39 is 74.8 Å². The first-order valence-electron chi connectivity index (χ1n) is 16.1. The van der Waals surface area contributed by atoms with E-state index in [0.29, 0.717) is 31.2 Å². The first-order valence-corrected chi connectivity index (χ1v) is 17.8. The van der Waals surface area contributed by atoms with Crippen molar-refractivity contribution >= 4 is 27.8 Å². The van der Waals surface area contributed by atoms with Crippen LogP contribution < -0.4 is 16.0 Å². The molecular formula is C33H44F5N3O8S. The number of alkyl carbamates (subject to hydrolysis) is 1. The van der Waals surface area contributed by atoms with E-state index >= 15 is 0 Å². The summed E-state index contributed by atoms with van der Waals surface area (Å²) in [5, 5.41) is 25.6. The van der Waals surface area contributed by atoms with Gasteiger partial charge in [-0.3, -0.25) is 4.79 Å². The highest BCUT2D eigenvalue weighted by atomic mass is 32.2. The number of carbonyl (C=O) groups is 3. The van der Waals surface area contributed by atoms with Gasteiger partial charge in [-0.2, -0.15) is 13.2 Å². The Morgan fingerprint density at radius 2 is 1.50 bits per heavy atom. The first kappa shape index (κ1) is 42.3. The summed E-state index contributed by atoms with van der Waals surface area (Å²) in [4.78, 5) is 35.3. The molecule has 0 aliphatic heterocycles. The lowest BCUT2D eigenvalue weighted by Crippen LogP contribution is -2.57. The van der Waals surface area contributed by atoms with Gasteiger partial charge in [-0.1, -0.05) is 57.0 Å². The molecular weight excluding hydrogens is 693 g/mol. The smallest absolute Gasteiger partial charge is 0.475 e. The van der Waals surface area contributed by atoms with Crippen LogP contribution in [0.15, 0.2) is 48.5 Å². The summed E-state index contributed by atoms with van der Waals surface area (Å²) in [5.41, 5.74) is 0.893. The number of rotatable bonds is 18. The monoisotopic (exact) mass is 737 g/mol. The van der Waals surface area contributed by atoms with E-state index in [-0.39, 0.29) is 31.2 Å². The number of benzene rings is 2. The Balaban J connectivity index is 0.00000112. The van der Waals surface area contributed by atoms with Gasteiger partial charge < -0.3 is 30.9 Å². The third-order valence-electron chi connectivity index (χ3n) is 7.56. The molecule has 50 heavy (non-hydrogen) atoms. The highest BCUT2D eigenvalue weighted by Crippen LogP contribution is 2.20. The molecule has 11 nitrogen and oxygen atoms in total. The van der Waals surface area contributed by atoms with E-state index in [2.05, 4.69) is 16.0 Å². The zero-order chi connectivity index (χ0) is 37.5. The summed E-state index contributed by atoms with van der Waals surface area (Å²) in [6.07, 6.45) is -3.42. The minimum absolute atomic E-state index is 0.0952. The largest absolute Gasteiger partial charge is 0.490 e. The van der Waals surface area contributed by atoms with Gasteiger partial charge in [-0.15, -0.1) is 0 Å². The number of nitrogens with one attached hydrogen (secondary N) is 3. The second kappa shape index (κ2) is 20.1. The molecule has 1 aliphatic carbocycles. The van der Waals surface area contributed by atoms with Crippen LogP contribution in [-0.2, 0) is 37.2 Å². The molecule has 2 aromatic rings. The Kier molecular flexibility index (Phi) is 17.0. The molecule has 17 heteroatoms. The molecule has 1 aliphatic rings. The predicted molar refractivity (Wildman–Crippen MR) is 174 cm³/mol. The Hall–Kier alpha value is -3.83. The van der Waals surface area contributed by atoms with Crippen molar-refractivity contribution in [3.05, 3.63) is 71.3 Å². The maximum Gasteiger partial charge on any atom is 0.490 e. The second-order valence-corrected chi connectivity index (χ2v) is 14.3. The van der Waals surface area contributed by atoms with Gasteiger partial charge in [0.1, 0.15) is 24.3 Å². The average Bonchev–Trinajstić information content (AvgIpc) is 3.86. The molecule has 5 N–H and O–H groups in total. The van der Waals surface area contributed by atoms with Crippen LogP contribution in [0.25, 0.3) is 0 Å². The quantitative estimate of drug-likeness (QED) is 0.139. The number of aliphatic hydroxyl groups excluding tert-OH is 1. The lowest BCUT2D eigenvalue weighted by Gasteiger charge is -2.28. The fraction of sp³-hybridized carbons (Fsp3) is 0.545. The number of alkyl halides is 3. The van der Waals surface area contributed by atoms with Crippen LogP contribution in [0.5, 0.6) is 0 Å². The second-order valence-electron chi connectivity index (χ2n) is 11.9. The van der Waals surface area contributed by atoms with E-state index in [0.717, 1.165) is 31.0 Å². The summed E-state index contributed by atoms with van der Waals surface area (Å²) in [5.74, 6) is -5.92. The zero-order valence-electron chi connectivity index (χ0n) is 27.7. The van der Waals surface area contributed by atoms with Gasteiger partial charge in [0.15, 0.2) is 9.84 Å². The molecule has 0 aromatic heterocycles. The van der Waals surface area contributed by atoms with E-state index in [1.807, 2.05) is 13.8 Å². The topological polar surface area (TPSA) is 171 Å². The van der Waals surface area contributed by atoms with Gasteiger partial charge in [-0.25, -0.2) is 26.8 Å². The Morgan fingerprint density at radius 3 is 2.00 bits per heavy atom. The van der Waals surface area contributed by atoms with Crippen LogP contribution >= 0.6 is 0 Å². The number of ether oxygens (including phenoxy) is 1. The van der Waals surface area contributed by atoms with Crippen molar-refractivity contribution in [2.75, 3.05) is 12.3 Å². The summed E-state index contributed by atoms with van der Waals surface area (Å²) >= 11 is 0. The van der Waals surface area contributed by atoms with Gasteiger partial charge in [0, 0.05) is 18.7 Å². The molecule has 0 heterocycles. The number of aliphatic hydroxyl groups is 1.